The average Bonchev–Trinajstić information content (AvgIpc) is 3.85. The van der Waals surface area contributed by atoms with E-state index in [9.17, 15) is 0 Å². The van der Waals surface area contributed by atoms with Gasteiger partial charge in [-0.05, 0) is 0 Å². The van der Waals surface area contributed by atoms with Crippen molar-refractivity contribution in [3.63, 3.8) is 0 Å². The molecular formula is C48H30N2S2Se. The second kappa shape index (κ2) is 12.8. The van der Waals surface area contributed by atoms with Crippen molar-refractivity contribution in [3.05, 3.63) is 210 Å². The molecule has 0 radical (unpaired) electrons. The van der Waals surface area contributed by atoms with E-state index >= 15 is 0 Å². The SMILES string of the molecule is C1=CC(c2ccccc2-c2cc[se]c2-c2ccccc2C2=c3c4c(ccc3=NSC=C2)-c2ccccc2C4)=c2c3c(ccc2=NS1)-c1ccccc1C3. The summed E-state index contributed by atoms with van der Waals surface area (Å²) in [7, 11) is 0. The summed E-state index contributed by atoms with van der Waals surface area (Å²) >= 11 is 3.21. The molecule has 0 fully saturated rings. The van der Waals surface area contributed by atoms with E-state index in [2.05, 4.69) is 155 Å². The quantitative estimate of drug-likeness (QED) is 0.132. The van der Waals surface area contributed by atoms with Crippen molar-refractivity contribution in [1.82, 2.24) is 0 Å². The Morgan fingerprint density at radius 3 is 1.45 bits per heavy atom. The zero-order chi connectivity index (χ0) is 34.9. The van der Waals surface area contributed by atoms with Gasteiger partial charge in [0.25, 0.3) is 0 Å². The summed E-state index contributed by atoms with van der Waals surface area (Å²) in [6, 6.07) is 47.1. The van der Waals surface area contributed by atoms with Crippen LogP contribution < -0.4 is 21.2 Å². The minimum absolute atomic E-state index is 0.167. The summed E-state index contributed by atoms with van der Waals surface area (Å²) in [5, 5.41) is 8.92. The molecule has 0 atom stereocenters. The molecule has 2 nitrogen and oxygen atoms in total. The molecule has 0 spiro atoms. The standard InChI is InChI=1S/C48H30N2S2Se/c1-3-11-31-29(9-1)27-42-36(31)17-19-44-46(42)38(21-24-51-49-44)33-13-5-6-14-34(33)41-23-26-53-48(41)40-16-8-7-15-35(40)39-22-25-52-50-45-20-18-37-32-12-4-2-10-30(32)28-43(37)47(39)45/h1-26H,27-28H2. The van der Waals surface area contributed by atoms with Crippen molar-refractivity contribution in [1.29, 1.82) is 0 Å². The van der Waals surface area contributed by atoms with Gasteiger partial charge in [0, 0.05) is 0 Å². The van der Waals surface area contributed by atoms with Crippen LogP contribution in [0.3, 0.4) is 0 Å². The molecule has 3 heterocycles. The van der Waals surface area contributed by atoms with E-state index < -0.39 is 0 Å². The normalized spacial score (nSPS) is 14.6. The van der Waals surface area contributed by atoms with Crippen molar-refractivity contribution >= 4 is 49.5 Å². The summed E-state index contributed by atoms with van der Waals surface area (Å²) in [6.45, 7) is 0. The Bertz CT molecular complexity index is 2820. The molecule has 0 saturated heterocycles. The first-order valence-corrected chi connectivity index (χ1v) is 21.4. The topological polar surface area (TPSA) is 24.7 Å². The molecule has 2 aliphatic heterocycles. The molecule has 2 aliphatic carbocycles. The number of hydrogen-bond acceptors (Lipinski definition) is 4. The van der Waals surface area contributed by atoms with E-state index in [1.165, 1.54) is 122 Å². The van der Waals surface area contributed by atoms with Crippen LogP contribution in [0.1, 0.15) is 33.4 Å². The van der Waals surface area contributed by atoms with Crippen LogP contribution in [0.25, 0.3) is 54.5 Å². The number of allylic oxidation sites excluding steroid dienone is 2. The molecule has 6 aromatic carbocycles. The number of hydrogen-bond donors (Lipinski definition) is 0. The molecule has 11 rings (SSSR count). The van der Waals surface area contributed by atoms with Crippen molar-refractivity contribution in [2.24, 2.45) is 8.80 Å². The minimum atomic E-state index is 0.167. The fourth-order valence-electron chi connectivity index (χ4n) is 8.74. The summed E-state index contributed by atoms with van der Waals surface area (Å²) in [5.74, 6) is 0. The zero-order valence-electron chi connectivity index (χ0n) is 28.5. The van der Waals surface area contributed by atoms with E-state index in [1.54, 1.807) is 0 Å². The maximum atomic E-state index is 4.99. The Morgan fingerprint density at radius 1 is 0.415 bits per heavy atom. The van der Waals surface area contributed by atoms with Crippen LogP contribution >= 0.6 is 23.9 Å². The van der Waals surface area contributed by atoms with Gasteiger partial charge in [-0.25, -0.2) is 0 Å². The van der Waals surface area contributed by atoms with Crippen LogP contribution in [0.4, 0.5) is 0 Å². The second-order valence-corrected chi connectivity index (χ2v) is 17.0. The third-order valence-electron chi connectivity index (χ3n) is 11.0. The molecular weight excluding hydrogens is 748 g/mol. The molecule has 0 saturated carbocycles. The molecule has 0 unspecified atom stereocenters. The third kappa shape index (κ3) is 5.03. The van der Waals surface area contributed by atoms with Gasteiger partial charge in [-0.1, -0.05) is 0 Å². The first kappa shape index (κ1) is 31.4. The van der Waals surface area contributed by atoms with E-state index in [4.69, 9.17) is 8.80 Å². The molecule has 5 heteroatoms. The number of nitrogens with zero attached hydrogens (tertiary/aromatic N) is 2. The van der Waals surface area contributed by atoms with Gasteiger partial charge in [-0.15, -0.1) is 0 Å². The molecule has 53 heavy (non-hydrogen) atoms. The summed E-state index contributed by atoms with van der Waals surface area (Å²) in [6.07, 6.45) is 6.44. The molecule has 0 bridgehead atoms. The van der Waals surface area contributed by atoms with Gasteiger partial charge in [-0.3, -0.25) is 0 Å². The Kier molecular flexibility index (Phi) is 7.55. The van der Waals surface area contributed by atoms with Gasteiger partial charge in [0.2, 0.25) is 0 Å². The van der Waals surface area contributed by atoms with Crippen molar-refractivity contribution in [2.75, 3.05) is 0 Å². The molecule has 1 aromatic heterocycles. The van der Waals surface area contributed by atoms with Crippen molar-refractivity contribution in [3.8, 4) is 43.4 Å². The Hall–Kier alpha value is -5.16. The summed E-state index contributed by atoms with van der Waals surface area (Å²) in [4.78, 5) is 2.40. The van der Waals surface area contributed by atoms with Gasteiger partial charge in [-0.2, -0.15) is 0 Å². The fourth-order valence-corrected chi connectivity index (χ4v) is 11.8. The predicted molar refractivity (Wildman–Crippen MR) is 224 cm³/mol. The maximum absolute atomic E-state index is 4.99. The van der Waals surface area contributed by atoms with Gasteiger partial charge in [0.15, 0.2) is 0 Å². The fraction of sp³-hybridized carbons (Fsp3) is 0.0417. The second-order valence-electron chi connectivity index (χ2n) is 13.7. The van der Waals surface area contributed by atoms with Crippen molar-refractivity contribution in [2.45, 2.75) is 12.8 Å². The van der Waals surface area contributed by atoms with Crippen LogP contribution in [0.2, 0.25) is 0 Å². The molecule has 4 aliphatic rings. The predicted octanol–water partition coefficient (Wildman–Crippen LogP) is 9.21. The zero-order valence-corrected chi connectivity index (χ0v) is 31.9. The summed E-state index contributed by atoms with van der Waals surface area (Å²) in [5.41, 5.74) is 19.8. The van der Waals surface area contributed by atoms with Gasteiger partial charge < -0.3 is 0 Å². The molecule has 7 aromatic rings. The Balaban J connectivity index is 1.13. The first-order chi connectivity index (χ1) is 26.3. The first-order valence-electron chi connectivity index (χ1n) is 17.9. The molecule has 250 valence electrons. The number of rotatable bonds is 4. The Labute approximate surface area is 322 Å². The van der Waals surface area contributed by atoms with Gasteiger partial charge in [0.05, 0.1) is 0 Å². The van der Waals surface area contributed by atoms with Crippen LogP contribution in [0, 0.1) is 0 Å². The summed E-state index contributed by atoms with van der Waals surface area (Å²) < 4.78 is 11.4. The third-order valence-corrected chi connectivity index (χ3v) is 14.1. The monoisotopic (exact) mass is 778 g/mol. The molecule has 0 N–H and O–H groups in total. The molecule has 0 amide bonds. The van der Waals surface area contributed by atoms with Crippen LogP contribution in [0.15, 0.2) is 164 Å². The van der Waals surface area contributed by atoms with E-state index in [-0.39, 0.29) is 14.5 Å². The van der Waals surface area contributed by atoms with Crippen LogP contribution in [-0.4, -0.2) is 14.5 Å². The van der Waals surface area contributed by atoms with Gasteiger partial charge >= 0.3 is 324 Å². The Morgan fingerprint density at radius 2 is 0.887 bits per heavy atom. The van der Waals surface area contributed by atoms with Crippen molar-refractivity contribution < 1.29 is 0 Å². The number of fused-ring (bicyclic) bond motifs is 10. The van der Waals surface area contributed by atoms with E-state index in [1.807, 2.05) is 0 Å². The van der Waals surface area contributed by atoms with E-state index in [0.717, 1.165) is 23.6 Å². The number of benzene rings is 6. The van der Waals surface area contributed by atoms with Crippen LogP contribution in [0.5, 0.6) is 0 Å². The van der Waals surface area contributed by atoms with E-state index in [0.29, 0.717) is 0 Å². The van der Waals surface area contributed by atoms with Gasteiger partial charge in [0.1, 0.15) is 0 Å². The van der Waals surface area contributed by atoms with Crippen LogP contribution in [-0.2, 0) is 12.8 Å². The average molecular weight is 778 g/mol.